The van der Waals surface area contributed by atoms with Crippen LogP contribution in [0.5, 0.6) is 5.75 Å². The van der Waals surface area contributed by atoms with E-state index in [9.17, 15) is 5.11 Å². The van der Waals surface area contributed by atoms with E-state index < -0.39 is 6.10 Å². The molecular weight excluding hydrogens is 314 g/mol. The Labute approximate surface area is 151 Å². The topological polar surface area (TPSA) is 59.7 Å². The Kier molecular flexibility index (Phi) is 7.24. The predicted octanol–water partition coefficient (Wildman–Crippen LogP) is 2.35. The van der Waals surface area contributed by atoms with Gasteiger partial charge >= 0.3 is 0 Å². The summed E-state index contributed by atoms with van der Waals surface area (Å²) in [5, 5.41) is 19.0. The predicted molar refractivity (Wildman–Crippen MR) is 99.6 cm³/mol. The van der Waals surface area contributed by atoms with Gasteiger partial charge in [-0.3, -0.25) is 4.90 Å². The lowest BCUT2D eigenvalue weighted by Crippen LogP contribution is -2.49. The molecule has 25 heavy (non-hydrogen) atoms. The zero-order valence-corrected chi connectivity index (χ0v) is 15.7. The Hall–Kier alpha value is -1.61. The highest BCUT2D eigenvalue weighted by atomic mass is 16.5. The molecule has 1 saturated heterocycles. The lowest BCUT2D eigenvalue weighted by atomic mass is 9.92. The molecule has 0 saturated carbocycles. The molecule has 1 N–H and O–H groups in total. The number of benzene rings is 1. The van der Waals surface area contributed by atoms with Crippen molar-refractivity contribution in [3.63, 3.8) is 0 Å². The Bertz CT molecular complexity index is 552. The highest BCUT2D eigenvalue weighted by Crippen LogP contribution is 2.19. The fourth-order valence-corrected chi connectivity index (χ4v) is 2.86. The van der Waals surface area contributed by atoms with E-state index in [1.165, 1.54) is 6.42 Å². The average Bonchev–Trinajstić information content (AvgIpc) is 2.59. The molecular formula is C20H31N3O2. The van der Waals surface area contributed by atoms with Gasteiger partial charge in [-0.25, -0.2) is 0 Å². The van der Waals surface area contributed by atoms with Gasteiger partial charge in [0.1, 0.15) is 18.5 Å². The third kappa shape index (κ3) is 7.43. The normalized spacial score (nSPS) is 17.9. The van der Waals surface area contributed by atoms with E-state index in [1.807, 2.05) is 0 Å². The Morgan fingerprint density at radius 1 is 1.12 bits per heavy atom. The van der Waals surface area contributed by atoms with Crippen molar-refractivity contribution in [3.05, 3.63) is 29.8 Å². The molecule has 1 aromatic carbocycles. The van der Waals surface area contributed by atoms with Gasteiger partial charge in [0, 0.05) is 32.7 Å². The smallest absolute Gasteiger partial charge is 0.119 e. The van der Waals surface area contributed by atoms with Crippen LogP contribution in [0.3, 0.4) is 0 Å². The second kappa shape index (κ2) is 9.19. The Balaban J connectivity index is 1.64. The monoisotopic (exact) mass is 345 g/mol. The minimum atomic E-state index is -0.503. The number of hydrogen-bond donors (Lipinski definition) is 1. The van der Waals surface area contributed by atoms with Crippen LogP contribution in [-0.4, -0.2) is 66.9 Å². The molecule has 138 valence electrons. The van der Waals surface area contributed by atoms with Crippen molar-refractivity contribution in [1.82, 2.24) is 9.80 Å². The van der Waals surface area contributed by atoms with Crippen LogP contribution in [0.25, 0.3) is 0 Å². The number of nitrogens with zero attached hydrogens (tertiary/aromatic N) is 3. The van der Waals surface area contributed by atoms with Gasteiger partial charge in [0.05, 0.1) is 11.6 Å². The first-order chi connectivity index (χ1) is 11.9. The summed E-state index contributed by atoms with van der Waals surface area (Å²) in [6, 6.07) is 9.05. The van der Waals surface area contributed by atoms with Gasteiger partial charge in [-0.15, -0.1) is 0 Å². The fraction of sp³-hybridized carbons (Fsp3) is 0.650. The highest BCUT2D eigenvalue weighted by molar-refractivity contribution is 5.34. The lowest BCUT2D eigenvalue weighted by Gasteiger charge is -2.36. The van der Waals surface area contributed by atoms with Crippen LogP contribution in [-0.2, 0) is 0 Å². The summed E-state index contributed by atoms with van der Waals surface area (Å²) >= 11 is 0. The lowest BCUT2D eigenvalue weighted by molar-refractivity contribution is 0.0442. The van der Waals surface area contributed by atoms with Gasteiger partial charge in [0.15, 0.2) is 0 Å². The Morgan fingerprint density at radius 3 is 2.28 bits per heavy atom. The third-order valence-electron chi connectivity index (χ3n) is 4.54. The van der Waals surface area contributed by atoms with Gasteiger partial charge in [0.25, 0.3) is 0 Å². The summed E-state index contributed by atoms with van der Waals surface area (Å²) in [5.74, 6) is 0.685. The van der Waals surface area contributed by atoms with Crippen LogP contribution in [0.4, 0.5) is 0 Å². The van der Waals surface area contributed by atoms with Crippen LogP contribution in [0.2, 0.25) is 0 Å². The van der Waals surface area contributed by atoms with Crippen LogP contribution in [0, 0.1) is 16.7 Å². The van der Waals surface area contributed by atoms with E-state index >= 15 is 0 Å². The van der Waals surface area contributed by atoms with E-state index in [-0.39, 0.29) is 6.61 Å². The minimum Gasteiger partial charge on any atom is -0.491 e. The molecule has 5 heteroatoms. The minimum absolute atomic E-state index is 0.274. The average molecular weight is 345 g/mol. The molecule has 0 spiro atoms. The Morgan fingerprint density at radius 2 is 1.72 bits per heavy atom. The quantitative estimate of drug-likeness (QED) is 0.822. The van der Waals surface area contributed by atoms with Crippen molar-refractivity contribution in [2.75, 3.05) is 45.9 Å². The molecule has 0 bridgehead atoms. The number of aliphatic hydroxyl groups excluding tert-OH is 1. The highest BCUT2D eigenvalue weighted by Gasteiger charge is 2.21. The van der Waals surface area contributed by atoms with Crippen molar-refractivity contribution < 1.29 is 9.84 Å². The molecule has 1 unspecified atom stereocenters. The van der Waals surface area contributed by atoms with Crippen LogP contribution in [0.15, 0.2) is 24.3 Å². The van der Waals surface area contributed by atoms with Gasteiger partial charge in [-0.1, -0.05) is 20.8 Å². The molecule has 1 aliphatic heterocycles. The van der Waals surface area contributed by atoms with Crippen molar-refractivity contribution in [1.29, 1.82) is 5.26 Å². The van der Waals surface area contributed by atoms with E-state index in [1.54, 1.807) is 24.3 Å². The first-order valence-electron chi connectivity index (χ1n) is 9.11. The van der Waals surface area contributed by atoms with E-state index in [2.05, 4.69) is 36.6 Å². The molecule has 1 aliphatic rings. The number of rotatable bonds is 7. The summed E-state index contributed by atoms with van der Waals surface area (Å²) in [7, 11) is 0. The van der Waals surface area contributed by atoms with Gasteiger partial charge in [-0.2, -0.15) is 5.26 Å². The molecule has 0 aliphatic carbocycles. The van der Waals surface area contributed by atoms with Gasteiger partial charge in [0.2, 0.25) is 0 Å². The number of aliphatic hydroxyl groups is 1. The molecule has 0 amide bonds. The number of nitriles is 1. The van der Waals surface area contributed by atoms with Gasteiger partial charge < -0.3 is 14.7 Å². The summed E-state index contributed by atoms with van der Waals surface area (Å²) in [6.07, 6.45) is 0.713. The standard InChI is InChI=1S/C20H31N3O2/c1-20(2,3)8-9-22-10-12-23(13-11-22)15-18(24)16-25-19-6-4-17(14-21)5-7-19/h4-7,18,24H,8-13,15-16H2,1-3H3. The van der Waals surface area contributed by atoms with Crippen LogP contribution in [0.1, 0.15) is 32.8 Å². The van der Waals surface area contributed by atoms with Crippen molar-refractivity contribution in [2.24, 2.45) is 5.41 Å². The second-order valence-corrected chi connectivity index (χ2v) is 8.05. The molecule has 0 radical (unpaired) electrons. The van der Waals surface area contributed by atoms with Crippen molar-refractivity contribution in [3.8, 4) is 11.8 Å². The summed E-state index contributed by atoms with van der Waals surface area (Å²) in [5.41, 5.74) is 0.994. The number of ether oxygens (including phenoxy) is 1. The molecule has 1 aromatic rings. The third-order valence-corrected chi connectivity index (χ3v) is 4.54. The summed E-state index contributed by atoms with van der Waals surface area (Å²) in [6.45, 7) is 13.1. The summed E-state index contributed by atoms with van der Waals surface area (Å²) in [4.78, 5) is 4.82. The number of hydrogen-bond acceptors (Lipinski definition) is 5. The summed E-state index contributed by atoms with van der Waals surface area (Å²) < 4.78 is 5.61. The SMILES string of the molecule is CC(C)(C)CCN1CCN(CC(O)COc2ccc(C#N)cc2)CC1. The molecule has 2 rings (SSSR count). The molecule has 1 atom stereocenters. The molecule has 1 heterocycles. The van der Waals surface area contributed by atoms with Crippen molar-refractivity contribution >= 4 is 0 Å². The zero-order chi connectivity index (χ0) is 18.3. The maximum Gasteiger partial charge on any atom is 0.119 e. The zero-order valence-electron chi connectivity index (χ0n) is 15.7. The number of piperazine rings is 1. The van der Waals surface area contributed by atoms with Crippen LogP contribution < -0.4 is 4.74 Å². The maximum atomic E-state index is 10.2. The first-order valence-corrected chi connectivity index (χ1v) is 9.11. The first kappa shape index (κ1) is 19.7. The molecule has 5 nitrogen and oxygen atoms in total. The largest absolute Gasteiger partial charge is 0.491 e. The second-order valence-electron chi connectivity index (χ2n) is 8.05. The molecule has 1 fully saturated rings. The van der Waals surface area contributed by atoms with Gasteiger partial charge in [-0.05, 0) is 42.6 Å². The van der Waals surface area contributed by atoms with Crippen LogP contribution >= 0.6 is 0 Å². The van der Waals surface area contributed by atoms with E-state index in [4.69, 9.17) is 10.00 Å². The van der Waals surface area contributed by atoms with Crippen molar-refractivity contribution in [2.45, 2.75) is 33.3 Å². The molecule has 0 aromatic heterocycles. The maximum absolute atomic E-state index is 10.2. The fourth-order valence-electron chi connectivity index (χ4n) is 2.86. The number of β-amino-alcohol motifs (C(OH)–C–C–N with tert-alkyl or cyclic N) is 1. The van der Waals surface area contributed by atoms with E-state index in [0.717, 1.165) is 32.7 Å². The van der Waals surface area contributed by atoms with E-state index in [0.29, 0.717) is 23.3 Å².